The molecule has 0 bridgehead atoms. The summed E-state index contributed by atoms with van der Waals surface area (Å²) in [5.41, 5.74) is 1.32. The molecule has 3 heterocycles. The average molecular weight is 420 g/mol. The van der Waals surface area contributed by atoms with E-state index in [1.165, 1.54) is 0 Å². The van der Waals surface area contributed by atoms with Crippen LogP contribution in [0.4, 0.5) is 0 Å². The molecule has 0 radical (unpaired) electrons. The van der Waals surface area contributed by atoms with Crippen molar-refractivity contribution in [2.45, 2.75) is 45.8 Å². The van der Waals surface area contributed by atoms with Gasteiger partial charge in [-0.05, 0) is 49.1 Å². The zero-order chi connectivity index (χ0) is 22.0. The molecule has 6 nitrogen and oxygen atoms in total. The van der Waals surface area contributed by atoms with Gasteiger partial charge < -0.3 is 19.2 Å². The van der Waals surface area contributed by atoms with Crippen LogP contribution in [0.1, 0.15) is 43.2 Å². The smallest absolute Gasteiger partial charge is 0.271 e. The number of hydrogen-bond acceptors (Lipinski definition) is 3. The number of furan rings is 1. The van der Waals surface area contributed by atoms with E-state index in [0.29, 0.717) is 37.0 Å². The molecular weight excluding hydrogens is 390 g/mol. The fraction of sp³-hybridized carbons (Fsp3) is 0.360. The molecule has 1 atom stereocenters. The summed E-state index contributed by atoms with van der Waals surface area (Å²) in [7, 11) is 0. The van der Waals surface area contributed by atoms with Crippen molar-refractivity contribution in [2.24, 2.45) is 5.92 Å². The van der Waals surface area contributed by atoms with Gasteiger partial charge >= 0.3 is 0 Å². The molecule has 0 fully saturated rings. The summed E-state index contributed by atoms with van der Waals surface area (Å²) in [6.45, 7) is 7.42. The van der Waals surface area contributed by atoms with E-state index in [1.807, 2.05) is 66.1 Å². The van der Waals surface area contributed by atoms with Gasteiger partial charge in [0.15, 0.2) is 0 Å². The molecule has 1 aromatic carbocycles. The summed E-state index contributed by atoms with van der Waals surface area (Å²) in [5.74, 6) is 0.873. The largest absolute Gasteiger partial charge is 0.463 e. The summed E-state index contributed by atoms with van der Waals surface area (Å²) < 4.78 is 7.48. The number of benzene rings is 1. The molecule has 3 aromatic rings. The summed E-state index contributed by atoms with van der Waals surface area (Å²) in [6.07, 6.45) is 2.50. The standard InChI is InChI=1S/C25H29N3O3/c1-18(2)13-14-26-24(30)25(3)17-27-20(22-10-7-15-31-22)11-12-21(27)23(29)28(25)16-19-8-5-4-6-9-19/h4-12,15,18H,13-14,16-17H2,1-3H3,(H,26,30). The second-order valence-electron chi connectivity index (χ2n) is 8.76. The molecule has 0 spiro atoms. The van der Waals surface area contributed by atoms with E-state index >= 15 is 0 Å². The molecule has 1 N–H and O–H groups in total. The number of carbonyl (C=O) groups excluding carboxylic acids is 2. The molecule has 1 aliphatic heterocycles. The first-order valence-electron chi connectivity index (χ1n) is 10.8. The van der Waals surface area contributed by atoms with Gasteiger partial charge in [-0.25, -0.2) is 0 Å². The molecule has 2 amide bonds. The van der Waals surface area contributed by atoms with Crippen LogP contribution in [-0.4, -0.2) is 33.4 Å². The van der Waals surface area contributed by atoms with E-state index < -0.39 is 5.54 Å². The van der Waals surface area contributed by atoms with Crippen LogP contribution in [0.25, 0.3) is 11.5 Å². The van der Waals surface area contributed by atoms with E-state index in [0.717, 1.165) is 17.7 Å². The predicted molar refractivity (Wildman–Crippen MR) is 119 cm³/mol. The molecule has 31 heavy (non-hydrogen) atoms. The van der Waals surface area contributed by atoms with Crippen molar-refractivity contribution in [3.8, 4) is 11.5 Å². The third-order valence-corrected chi connectivity index (χ3v) is 5.96. The van der Waals surface area contributed by atoms with Gasteiger partial charge in [0, 0.05) is 13.1 Å². The Hall–Kier alpha value is -3.28. The monoisotopic (exact) mass is 419 g/mol. The van der Waals surface area contributed by atoms with Crippen molar-refractivity contribution >= 4 is 11.8 Å². The maximum atomic E-state index is 13.6. The number of nitrogens with one attached hydrogen (secondary N) is 1. The lowest BCUT2D eigenvalue weighted by molar-refractivity contribution is -0.133. The highest BCUT2D eigenvalue weighted by Crippen LogP contribution is 2.34. The SMILES string of the molecule is CC(C)CCNC(=O)C1(C)Cn2c(ccc2-c2ccco2)C(=O)N1Cc1ccccc1. The van der Waals surface area contributed by atoms with Crippen molar-refractivity contribution in [1.82, 2.24) is 14.8 Å². The van der Waals surface area contributed by atoms with Crippen LogP contribution < -0.4 is 5.32 Å². The predicted octanol–water partition coefficient (Wildman–Crippen LogP) is 4.33. The summed E-state index contributed by atoms with van der Waals surface area (Å²) in [4.78, 5) is 28.7. The first-order valence-corrected chi connectivity index (χ1v) is 10.8. The fourth-order valence-corrected chi connectivity index (χ4v) is 4.09. The van der Waals surface area contributed by atoms with Crippen LogP contribution in [0.15, 0.2) is 65.3 Å². The summed E-state index contributed by atoms with van der Waals surface area (Å²) in [5, 5.41) is 3.07. The molecule has 2 aromatic heterocycles. The zero-order valence-corrected chi connectivity index (χ0v) is 18.3. The number of aromatic nitrogens is 1. The van der Waals surface area contributed by atoms with Gasteiger partial charge in [0.2, 0.25) is 5.91 Å². The van der Waals surface area contributed by atoms with E-state index in [9.17, 15) is 9.59 Å². The molecule has 0 aliphatic carbocycles. The second-order valence-corrected chi connectivity index (χ2v) is 8.76. The van der Waals surface area contributed by atoms with Crippen LogP contribution in [0.3, 0.4) is 0 Å². The quantitative estimate of drug-likeness (QED) is 0.620. The summed E-state index contributed by atoms with van der Waals surface area (Å²) in [6, 6.07) is 17.2. The van der Waals surface area contributed by atoms with Gasteiger partial charge in [-0.15, -0.1) is 0 Å². The maximum absolute atomic E-state index is 13.6. The van der Waals surface area contributed by atoms with Crippen LogP contribution >= 0.6 is 0 Å². The topological polar surface area (TPSA) is 67.5 Å². The van der Waals surface area contributed by atoms with Gasteiger partial charge in [-0.2, -0.15) is 0 Å². The van der Waals surface area contributed by atoms with Gasteiger partial charge in [0.1, 0.15) is 17.0 Å². The van der Waals surface area contributed by atoms with Crippen LogP contribution in [0, 0.1) is 5.92 Å². The molecule has 6 heteroatoms. The molecule has 4 rings (SSSR count). The Bertz CT molecular complexity index is 1050. The van der Waals surface area contributed by atoms with Gasteiger partial charge in [0.05, 0.1) is 18.5 Å². The molecule has 162 valence electrons. The normalized spacial score (nSPS) is 18.3. The van der Waals surface area contributed by atoms with Crippen molar-refractivity contribution in [3.05, 3.63) is 72.1 Å². The van der Waals surface area contributed by atoms with E-state index in [-0.39, 0.29) is 11.8 Å². The molecule has 0 saturated heterocycles. The molecular formula is C25H29N3O3. The lowest BCUT2D eigenvalue weighted by Crippen LogP contribution is -2.63. The highest BCUT2D eigenvalue weighted by Gasteiger charge is 2.47. The van der Waals surface area contributed by atoms with Crippen LogP contribution in [-0.2, 0) is 17.9 Å². The Balaban J connectivity index is 1.71. The fourth-order valence-electron chi connectivity index (χ4n) is 4.09. The van der Waals surface area contributed by atoms with Crippen molar-refractivity contribution < 1.29 is 14.0 Å². The first kappa shape index (κ1) is 21.0. The van der Waals surface area contributed by atoms with Crippen LogP contribution in [0.2, 0.25) is 0 Å². The Morgan fingerprint density at radius 3 is 2.52 bits per heavy atom. The third-order valence-electron chi connectivity index (χ3n) is 5.96. The Labute approximate surface area is 182 Å². The van der Waals surface area contributed by atoms with Gasteiger partial charge in [-0.3, -0.25) is 9.59 Å². The van der Waals surface area contributed by atoms with Crippen LogP contribution in [0.5, 0.6) is 0 Å². The first-order chi connectivity index (χ1) is 14.9. The Morgan fingerprint density at radius 2 is 1.84 bits per heavy atom. The highest BCUT2D eigenvalue weighted by atomic mass is 16.3. The minimum atomic E-state index is -1.03. The minimum absolute atomic E-state index is 0.137. The lowest BCUT2D eigenvalue weighted by Gasteiger charge is -2.44. The average Bonchev–Trinajstić information content (AvgIpc) is 3.41. The third kappa shape index (κ3) is 4.02. The molecule has 1 aliphatic rings. The number of fused-ring (bicyclic) bond motifs is 1. The maximum Gasteiger partial charge on any atom is 0.271 e. The zero-order valence-electron chi connectivity index (χ0n) is 18.3. The summed E-state index contributed by atoms with van der Waals surface area (Å²) >= 11 is 0. The number of carbonyl (C=O) groups is 2. The van der Waals surface area contributed by atoms with Gasteiger partial charge in [-0.1, -0.05) is 44.2 Å². The lowest BCUT2D eigenvalue weighted by atomic mass is 9.93. The van der Waals surface area contributed by atoms with Gasteiger partial charge in [0.25, 0.3) is 5.91 Å². The number of amides is 2. The highest BCUT2D eigenvalue weighted by molar-refractivity contribution is 6.00. The van der Waals surface area contributed by atoms with Crippen molar-refractivity contribution in [2.75, 3.05) is 6.54 Å². The Morgan fingerprint density at radius 1 is 1.10 bits per heavy atom. The number of hydrogen-bond donors (Lipinski definition) is 1. The molecule has 1 unspecified atom stereocenters. The van der Waals surface area contributed by atoms with E-state index in [4.69, 9.17) is 4.42 Å². The minimum Gasteiger partial charge on any atom is -0.463 e. The van der Waals surface area contributed by atoms with E-state index in [2.05, 4.69) is 19.2 Å². The van der Waals surface area contributed by atoms with E-state index in [1.54, 1.807) is 11.2 Å². The number of nitrogens with zero attached hydrogens (tertiary/aromatic N) is 2. The molecule has 0 saturated carbocycles. The second kappa shape index (κ2) is 8.46. The van der Waals surface area contributed by atoms with Crippen molar-refractivity contribution in [1.29, 1.82) is 0 Å². The van der Waals surface area contributed by atoms with Crippen molar-refractivity contribution in [3.63, 3.8) is 0 Å². The number of rotatable bonds is 7. The Kier molecular flexibility index (Phi) is 5.72.